The van der Waals surface area contributed by atoms with Gasteiger partial charge in [-0.05, 0) is 70.5 Å². The third-order valence-corrected chi connectivity index (χ3v) is 10.4. The number of anilines is 2. The highest BCUT2D eigenvalue weighted by Crippen LogP contribution is 2.41. The van der Waals surface area contributed by atoms with Crippen molar-refractivity contribution in [3.05, 3.63) is 71.6 Å². The largest absolute Gasteiger partial charge is 0.484 e. The van der Waals surface area contributed by atoms with Gasteiger partial charge in [-0.15, -0.1) is 0 Å². The number of nitrogens with two attached hydrogens (primary N) is 1. The third-order valence-electron chi connectivity index (χ3n) is 9.13. The first-order valence-corrected chi connectivity index (χ1v) is 17.3. The smallest absolute Gasteiger partial charge is 0.355 e. The zero-order valence-electron chi connectivity index (χ0n) is 27.2. The van der Waals surface area contributed by atoms with Crippen LogP contribution in [0.15, 0.2) is 61.1 Å². The number of benzene rings is 2. The van der Waals surface area contributed by atoms with Gasteiger partial charge in [0.15, 0.2) is 0 Å². The number of aryl methyl sites for hydroxylation is 1. The molecule has 1 unspecified atom stereocenters. The van der Waals surface area contributed by atoms with Crippen molar-refractivity contribution < 1.29 is 21.9 Å². The number of hydrogen-bond acceptors (Lipinski definition) is 8. The molecule has 5 aromatic rings. The van der Waals surface area contributed by atoms with Crippen LogP contribution in [0.2, 0.25) is 5.02 Å². The summed E-state index contributed by atoms with van der Waals surface area (Å²) < 4.78 is 62.9. The van der Waals surface area contributed by atoms with E-state index >= 15 is 0 Å². The molecule has 3 aromatic heterocycles. The van der Waals surface area contributed by atoms with E-state index in [4.69, 9.17) is 32.3 Å². The van der Waals surface area contributed by atoms with Gasteiger partial charge in [0, 0.05) is 53.2 Å². The number of halogens is 3. The molecule has 15 heteroatoms. The number of rotatable bonds is 9. The number of fused-ring (bicyclic) bond motifs is 1. The summed E-state index contributed by atoms with van der Waals surface area (Å²) in [6.45, 7) is 7.20. The molecule has 0 amide bonds. The van der Waals surface area contributed by atoms with Gasteiger partial charge in [0.2, 0.25) is 0 Å². The normalized spacial score (nSPS) is 17.6. The van der Waals surface area contributed by atoms with Crippen LogP contribution in [0.25, 0.3) is 33.3 Å². The molecule has 0 bridgehead atoms. The molecule has 48 heavy (non-hydrogen) atoms. The Morgan fingerprint density at radius 2 is 1.83 bits per heavy atom. The first kappa shape index (κ1) is 33.6. The molecule has 2 atom stereocenters. The summed E-state index contributed by atoms with van der Waals surface area (Å²) in [6.07, 6.45) is 6.89. The van der Waals surface area contributed by atoms with Crippen molar-refractivity contribution in [3.63, 3.8) is 0 Å². The van der Waals surface area contributed by atoms with Crippen LogP contribution in [0, 0.1) is 0 Å². The van der Waals surface area contributed by atoms with Crippen molar-refractivity contribution in [1.82, 2.24) is 29.4 Å². The molecule has 1 fully saturated rings. The molecule has 1 aliphatic heterocycles. The van der Waals surface area contributed by atoms with Gasteiger partial charge >= 0.3 is 5.76 Å². The molecule has 1 aliphatic rings. The summed E-state index contributed by atoms with van der Waals surface area (Å²) in [5, 5.41) is 10.6. The van der Waals surface area contributed by atoms with Crippen LogP contribution < -0.4 is 15.2 Å². The molecule has 11 nitrogen and oxygen atoms in total. The van der Waals surface area contributed by atoms with Gasteiger partial charge in [0.05, 0.1) is 28.8 Å². The Labute approximate surface area is 282 Å². The fourth-order valence-electron chi connectivity index (χ4n) is 6.17. The monoisotopic (exact) mass is 698 g/mol. The van der Waals surface area contributed by atoms with E-state index in [1.165, 1.54) is 6.07 Å². The number of hydrogen-bond donors (Lipinski definition) is 2. The van der Waals surface area contributed by atoms with Crippen molar-refractivity contribution in [3.8, 4) is 28.1 Å². The maximum atomic E-state index is 13.4. The van der Waals surface area contributed by atoms with E-state index in [-0.39, 0.29) is 28.8 Å². The lowest BCUT2D eigenvalue weighted by Gasteiger charge is -2.43. The number of ether oxygens (including phenoxy) is 1. The summed E-state index contributed by atoms with van der Waals surface area (Å²) in [5.41, 5.74) is 10.4. The van der Waals surface area contributed by atoms with Crippen LogP contribution in [0.5, 0.6) is 5.75 Å². The van der Waals surface area contributed by atoms with E-state index in [1.807, 2.05) is 21.8 Å². The lowest BCUT2D eigenvalue weighted by Crippen LogP contribution is -2.47. The first-order valence-electron chi connectivity index (χ1n) is 15.4. The molecule has 0 spiro atoms. The highest BCUT2D eigenvalue weighted by atomic mass is 35.5. The highest BCUT2D eigenvalue weighted by Gasteiger charge is 2.34. The summed E-state index contributed by atoms with van der Waals surface area (Å²) in [7, 11) is -1.05. The number of nitrogens with one attached hydrogen (secondary N) is 1. The summed E-state index contributed by atoms with van der Waals surface area (Å²) in [4.78, 5) is 6.87. The third kappa shape index (κ3) is 6.43. The number of alkyl halides is 2. The van der Waals surface area contributed by atoms with Gasteiger partial charge in [0.25, 0.3) is 10.0 Å². The quantitative estimate of drug-likeness (QED) is 0.170. The van der Waals surface area contributed by atoms with Crippen molar-refractivity contribution in [2.24, 2.45) is 7.05 Å². The maximum Gasteiger partial charge on any atom is 0.355 e. The van der Waals surface area contributed by atoms with Gasteiger partial charge in [-0.25, -0.2) is 13.4 Å². The van der Waals surface area contributed by atoms with Gasteiger partial charge in [-0.3, -0.25) is 14.1 Å². The zero-order valence-corrected chi connectivity index (χ0v) is 28.7. The van der Waals surface area contributed by atoms with Crippen LogP contribution in [-0.2, 0) is 17.1 Å². The average Bonchev–Trinajstić information content (AvgIpc) is 3.66. The van der Waals surface area contributed by atoms with Gasteiger partial charge in [-0.1, -0.05) is 29.8 Å². The van der Waals surface area contributed by atoms with Crippen molar-refractivity contribution in [1.29, 1.82) is 0 Å². The predicted molar refractivity (Wildman–Crippen MR) is 184 cm³/mol. The topological polar surface area (TPSA) is 133 Å². The Bertz CT molecular complexity index is 2080. The number of pyridine rings is 1. The molecular formula is C33H37ClF2N8O3S. The second-order valence-electron chi connectivity index (χ2n) is 12.8. The summed E-state index contributed by atoms with van der Waals surface area (Å²) in [5.74, 6) is -3.39. The van der Waals surface area contributed by atoms with Gasteiger partial charge in [0.1, 0.15) is 23.4 Å². The minimum atomic E-state index is -4.99. The predicted octanol–water partition coefficient (Wildman–Crippen LogP) is 6.88. The molecule has 6 rings (SSSR count). The van der Waals surface area contributed by atoms with Crippen LogP contribution in [0.1, 0.15) is 51.3 Å². The second kappa shape index (κ2) is 12.6. The average molecular weight is 699 g/mol. The molecular weight excluding hydrogens is 662 g/mol. The Morgan fingerprint density at radius 3 is 2.52 bits per heavy atom. The van der Waals surface area contributed by atoms with E-state index < -0.39 is 21.9 Å². The SMILES string of the molecule is C[C@H](Oc1cc(-c2nn(C)c3c(-c4cnn(C5CCN(C)C(C)(C)C5)c4)cnc(N)c23)ccc1NS(=O)(=O)C(F)F)c1ccc(Cl)cc1. The summed E-state index contributed by atoms with van der Waals surface area (Å²) >= 11 is 6.04. The minimum absolute atomic E-state index is 0.0167. The van der Waals surface area contributed by atoms with Crippen molar-refractivity contribution in [2.75, 3.05) is 24.0 Å². The molecule has 2 aromatic carbocycles. The minimum Gasteiger partial charge on any atom is -0.484 e. The van der Waals surface area contributed by atoms with E-state index in [0.29, 0.717) is 21.7 Å². The Morgan fingerprint density at radius 1 is 1.10 bits per heavy atom. The number of nitrogen functional groups attached to an aromatic ring is 1. The van der Waals surface area contributed by atoms with Crippen molar-refractivity contribution in [2.45, 2.75) is 57.1 Å². The molecule has 1 saturated heterocycles. The van der Waals surface area contributed by atoms with E-state index in [9.17, 15) is 17.2 Å². The fraction of sp³-hybridized carbons (Fsp3) is 0.364. The number of nitrogens with zero attached hydrogens (tertiary/aromatic N) is 6. The molecule has 254 valence electrons. The second-order valence-corrected chi connectivity index (χ2v) is 14.9. The van der Waals surface area contributed by atoms with Crippen LogP contribution >= 0.6 is 11.6 Å². The van der Waals surface area contributed by atoms with Gasteiger partial charge < -0.3 is 15.4 Å². The lowest BCUT2D eigenvalue weighted by molar-refractivity contribution is 0.0719. The first-order chi connectivity index (χ1) is 22.6. The highest BCUT2D eigenvalue weighted by molar-refractivity contribution is 7.93. The van der Waals surface area contributed by atoms with Crippen LogP contribution in [-0.4, -0.2) is 62.8 Å². The van der Waals surface area contributed by atoms with E-state index in [2.05, 4.69) is 30.8 Å². The maximum absolute atomic E-state index is 13.4. The van der Waals surface area contributed by atoms with Crippen LogP contribution in [0.3, 0.4) is 0 Å². The Hall–Kier alpha value is -4.27. The van der Waals surface area contributed by atoms with E-state index in [0.717, 1.165) is 41.6 Å². The van der Waals surface area contributed by atoms with Gasteiger partial charge in [-0.2, -0.15) is 19.0 Å². The Kier molecular flexibility index (Phi) is 8.85. The fourth-order valence-corrected chi connectivity index (χ4v) is 6.86. The molecule has 0 saturated carbocycles. The van der Waals surface area contributed by atoms with E-state index in [1.54, 1.807) is 61.2 Å². The Balaban J connectivity index is 1.41. The number of likely N-dealkylation sites (tertiary alicyclic amines) is 1. The molecule has 4 heterocycles. The van der Waals surface area contributed by atoms with Crippen molar-refractivity contribution >= 4 is 44.0 Å². The zero-order chi connectivity index (χ0) is 34.5. The van der Waals surface area contributed by atoms with Crippen LogP contribution in [0.4, 0.5) is 20.3 Å². The number of sulfonamides is 1. The molecule has 0 radical (unpaired) electrons. The molecule has 3 N–H and O–H groups in total. The lowest BCUT2D eigenvalue weighted by atomic mass is 9.87. The summed E-state index contributed by atoms with van der Waals surface area (Å²) in [6, 6.07) is 11.6. The standard InChI is InChI=1S/C33H37ClF2N8O3S/c1-19(20-6-9-23(34)10-7-20)47-27-14-21(8-11-26(27)41-48(45,46)32(35)36)29-28-30(43(5)40-29)25(17-38-31(28)37)22-16-39-44(18-22)24-12-13-42(4)33(2,3)15-24/h6-11,14,16-19,24,32,41H,12-13,15H2,1-5H3,(H2,37,38)/t19-,24?/m0/s1. The number of aromatic nitrogens is 5. The number of piperidine rings is 1. The molecule has 0 aliphatic carbocycles.